The van der Waals surface area contributed by atoms with E-state index in [-0.39, 0.29) is 25.3 Å². The summed E-state index contributed by atoms with van der Waals surface area (Å²) >= 11 is 0. The van der Waals surface area contributed by atoms with Crippen LogP contribution in [0.2, 0.25) is 0 Å². The number of ether oxygens (including phenoxy) is 2. The van der Waals surface area contributed by atoms with E-state index < -0.39 is 0 Å². The first-order valence-corrected chi connectivity index (χ1v) is 6.54. The summed E-state index contributed by atoms with van der Waals surface area (Å²) in [5.41, 5.74) is 20.1. The predicted octanol–water partition coefficient (Wildman–Crippen LogP) is 3.61. The molecule has 21 heavy (non-hydrogen) atoms. The van der Waals surface area contributed by atoms with Crippen LogP contribution in [0.15, 0.2) is 22.4 Å². The summed E-state index contributed by atoms with van der Waals surface area (Å²) in [4.78, 5) is 5.56. The largest absolute Gasteiger partial charge is 0.496 e. The van der Waals surface area contributed by atoms with Gasteiger partial charge in [-0.3, -0.25) is 0 Å². The van der Waals surface area contributed by atoms with Gasteiger partial charge in [-0.1, -0.05) is 16.3 Å². The van der Waals surface area contributed by atoms with Gasteiger partial charge in [-0.25, -0.2) is 0 Å². The molecule has 0 aliphatic carbocycles. The second-order valence-corrected chi connectivity index (χ2v) is 4.75. The van der Waals surface area contributed by atoms with E-state index in [2.05, 4.69) is 20.1 Å². The van der Waals surface area contributed by atoms with Gasteiger partial charge in [0, 0.05) is 21.8 Å². The lowest BCUT2D eigenvalue weighted by Gasteiger charge is -2.33. The quantitative estimate of drug-likeness (QED) is 0.467. The molecule has 0 bridgehead atoms. The summed E-state index contributed by atoms with van der Waals surface area (Å²) in [5.74, 6) is 0.774. The predicted molar refractivity (Wildman–Crippen MR) is 77.1 cm³/mol. The Balaban J connectivity index is 2.43. The Bertz CT molecular complexity index is 619. The monoisotopic (exact) mass is 288 g/mol. The molecule has 2 rings (SSSR count). The Kier molecular flexibility index (Phi) is 4.90. The van der Waals surface area contributed by atoms with Gasteiger partial charge in [0.25, 0.3) is 0 Å². The van der Waals surface area contributed by atoms with Crippen molar-refractivity contribution in [2.24, 2.45) is 10.2 Å². The lowest BCUT2D eigenvalue weighted by atomic mass is 9.89. The van der Waals surface area contributed by atoms with Crippen molar-refractivity contribution in [1.29, 1.82) is 0 Å². The van der Waals surface area contributed by atoms with Gasteiger partial charge in [0.05, 0.1) is 32.4 Å². The third-order valence-corrected chi connectivity index (χ3v) is 3.52. The summed E-state index contributed by atoms with van der Waals surface area (Å²) in [5, 5.41) is 7.19. The number of hydrogen-bond donors (Lipinski definition) is 0. The Morgan fingerprint density at radius 1 is 1.29 bits per heavy atom. The van der Waals surface area contributed by atoms with Crippen molar-refractivity contribution in [2.45, 2.75) is 25.6 Å². The molecule has 0 fully saturated rings. The highest BCUT2D eigenvalue weighted by Crippen LogP contribution is 2.38. The molecule has 1 aromatic rings. The van der Waals surface area contributed by atoms with Crippen LogP contribution < -0.4 is 4.74 Å². The first kappa shape index (κ1) is 15.0. The van der Waals surface area contributed by atoms with E-state index in [9.17, 15) is 0 Å². The fourth-order valence-electron chi connectivity index (χ4n) is 2.67. The second-order valence-electron chi connectivity index (χ2n) is 4.75. The van der Waals surface area contributed by atoms with Crippen molar-refractivity contribution >= 4 is 0 Å². The number of fused-ring (bicyclic) bond motifs is 1. The molecule has 1 aromatic carbocycles. The molecule has 0 aromatic heterocycles. The van der Waals surface area contributed by atoms with Gasteiger partial charge < -0.3 is 9.47 Å². The normalized spacial score (nSPS) is 19.9. The number of hydrogen-bond acceptors (Lipinski definition) is 4. The lowest BCUT2D eigenvalue weighted by molar-refractivity contribution is -0.0161. The van der Waals surface area contributed by atoms with E-state index in [4.69, 9.17) is 20.5 Å². The maximum Gasteiger partial charge on any atom is 0.122 e. The third-order valence-electron chi connectivity index (χ3n) is 3.52. The molecule has 1 aliphatic rings. The standard InChI is InChI=1S/C13H16N6O2/c1-8-3-4-11(20-2)10-5-9(6-16-18-14)21-12(13(8)10)7-17-19-15/h3-4,9,12H,5-7H2,1-2H3/t9-,12-/m0/s1. The molecule has 0 N–H and O–H groups in total. The Hall–Kier alpha value is -2.40. The Morgan fingerprint density at radius 2 is 2.00 bits per heavy atom. The van der Waals surface area contributed by atoms with Crippen LogP contribution in [0, 0.1) is 6.92 Å². The van der Waals surface area contributed by atoms with Gasteiger partial charge >= 0.3 is 0 Å². The highest BCUT2D eigenvalue weighted by atomic mass is 16.5. The molecule has 2 atom stereocenters. The molecular weight excluding hydrogens is 272 g/mol. The number of nitrogens with zero attached hydrogens (tertiary/aromatic N) is 6. The summed E-state index contributed by atoms with van der Waals surface area (Å²) in [6.07, 6.45) is 0.00744. The zero-order chi connectivity index (χ0) is 15.2. The maximum absolute atomic E-state index is 8.53. The molecule has 0 radical (unpaired) electrons. The van der Waals surface area contributed by atoms with Crippen LogP contribution in [0.1, 0.15) is 22.8 Å². The van der Waals surface area contributed by atoms with Gasteiger partial charge in [0.15, 0.2) is 0 Å². The number of methoxy groups -OCH3 is 1. The Morgan fingerprint density at radius 3 is 2.67 bits per heavy atom. The molecule has 8 nitrogen and oxygen atoms in total. The zero-order valence-corrected chi connectivity index (χ0v) is 11.9. The van der Waals surface area contributed by atoms with Crippen LogP contribution in [0.4, 0.5) is 0 Å². The van der Waals surface area contributed by atoms with E-state index in [0.717, 1.165) is 22.4 Å². The van der Waals surface area contributed by atoms with E-state index in [1.54, 1.807) is 7.11 Å². The molecule has 110 valence electrons. The number of azide groups is 2. The fourth-order valence-corrected chi connectivity index (χ4v) is 2.67. The van der Waals surface area contributed by atoms with Crippen molar-refractivity contribution in [3.63, 3.8) is 0 Å². The van der Waals surface area contributed by atoms with Crippen LogP contribution >= 0.6 is 0 Å². The number of benzene rings is 1. The number of rotatable bonds is 5. The third kappa shape index (κ3) is 3.20. The minimum Gasteiger partial charge on any atom is -0.496 e. The van der Waals surface area contributed by atoms with Crippen LogP contribution in [0.25, 0.3) is 20.9 Å². The summed E-state index contributed by atoms with van der Waals surface area (Å²) in [6, 6.07) is 3.87. The molecule has 0 saturated heterocycles. The minimum atomic E-state index is -0.348. The Labute approximate surface area is 121 Å². The van der Waals surface area contributed by atoms with Gasteiger partial charge in [-0.15, -0.1) is 0 Å². The van der Waals surface area contributed by atoms with E-state index in [1.807, 2.05) is 19.1 Å². The summed E-state index contributed by atoms with van der Waals surface area (Å²) in [7, 11) is 1.62. The summed E-state index contributed by atoms with van der Waals surface area (Å²) < 4.78 is 11.3. The second kappa shape index (κ2) is 6.85. The SMILES string of the molecule is COc1ccc(C)c2c1C[C@@H](CN=[N+]=[N-])O[C@H]2CN=[N+]=[N-]. The zero-order valence-electron chi connectivity index (χ0n) is 11.9. The van der Waals surface area contributed by atoms with Crippen LogP contribution in [-0.2, 0) is 11.2 Å². The molecule has 0 unspecified atom stereocenters. The topological polar surface area (TPSA) is 116 Å². The molecule has 8 heteroatoms. The minimum absolute atomic E-state index is 0.199. The molecule has 0 spiro atoms. The summed E-state index contributed by atoms with van der Waals surface area (Å²) in [6.45, 7) is 2.42. The smallest absolute Gasteiger partial charge is 0.122 e. The number of aryl methyl sites for hydroxylation is 1. The first-order chi connectivity index (χ1) is 10.2. The highest BCUT2D eigenvalue weighted by molar-refractivity contribution is 5.47. The van der Waals surface area contributed by atoms with Crippen molar-refractivity contribution < 1.29 is 9.47 Å². The van der Waals surface area contributed by atoms with Crippen LogP contribution in [0.5, 0.6) is 5.75 Å². The molecular formula is C13H16N6O2. The van der Waals surface area contributed by atoms with Gasteiger partial charge in [0.2, 0.25) is 0 Å². The van der Waals surface area contributed by atoms with E-state index in [1.165, 1.54) is 0 Å². The lowest BCUT2D eigenvalue weighted by Crippen LogP contribution is -2.30. The molecule has 1 heterocycles. The van der Waals surface area contributed by atoms with Crippen molar-refractivity contribution in [3.8, 4) is 5.75 Å². The van der Waals surface area contributed by atoms with Gasteiger partial charge in [-0.05, 0) is 35.2 Å². The van der Waals surface area contributed by atoms with Crippen LogP contribution in [0.3, 0.4) is 0 Å². The van der Waals surface area contributed by atoms with Crippen molar-refractivity contribution in [2.75, 3.05) is 20.2 Å². The van der Waals surface area contributed by atoms with Gasteiger partial charge in [-0.2, -0.15) is 0 Å². The van der Waals surface area contributed by atoms with E-state index >= 15 is 0 Å². The first-order valence-electron chi connectivity index (χ1n) is 6.54. The average molecular weight is 288 g/mol. The van der Waals surface area contributed by atoms with Crippen molar-refractivity contribution in [3.05, 3.63) is 49.7 Å². The maximum atomic E-state index is 8.53. The van der Waals surface area contributed by atoms with E-state index in [0.29, 0.717) is 6.42 Å². The average Bonchev–Trinajstić information content (AvgIpc) is 2.50. The van der Waals surface area contributed by atoms with Crippen molar-refractivity contribution in [1.82, 2.24) is 0 Å². The van der Waals surface area contributed by atoms with Gasteiger partial charge in [0.1, 0.15) is 5.75 Å². The highest BCUT2D eigenvalue weighted by Gasteiger charge is 2.30. The molecule has 1 aliphatic heterocycles. The molecule has 0 saturated carbocycles. The van der Waals surface area contributed by atoms with Crippen LogP contribution in [-0.4, -0.2) is 26.3 Å². The fraction of sp³-hybridized carbons (Fsp3) is 0.538. The molecule has 0 amide bonds.